The monoisotopic (exact) mass is 211 g/mol. The van der Waals surface area contributed by atoms with Crippen molar-refractivity contribution >= 4 is 0 Å². The summed E-state index contributed by atoms with van der Waals surface area (Å²) >= 11 is 0. The largest absolute Gasteiger partial charge is 0.441 e. The number of benzene rings is 1. The number of para-hydroxylation sites is 1. The highest BCUT2D eigenvalue weighted by Gasteiger charge is 2.23. The van der Waals surface area contributed by atoms with Gasteiger partial charge in [0.05, 0.1) is 6.07 Å². The molecule has 1 aromatic rings. The molecule has 0 saturated carbocycles. The molecule has 0 aliphatic carbocycles. The van der Waals surface area contributed by atoms with Crippen LogP contribution < -0.4 is 10.1 Å². The molecule has 1 radical (unpaired) electrons. The van der Waals surface area contributed by atoms with Crippen LogP contribution in [0.25, 0.3) is 0 Å². The van der Waals surface area contributed by atoms with Gasteiger partial charge in [-0.15, -0.1) is 0 Å². The van der Waals surface area contributed by atoms with Crippen molar-refractivity contribution in [3.63, 3.8) is 0 Å². The first kappa shape index (κ1) is 10.3. The molecule has 79 valence electrons. The predicted octanol–water partition coefficient (Wildman–Crippen LogP) is 2.16. The number of allylic oxidation sites excluding steroid dienone is 2. The van der Waals surface area contributed by atoms with Gasteiger partial charge in [0.1, 0.15) is 11.3 Å². The van der Waals surface area contributed by atoms with Gasteiger partial charge in [-0.2, -0.15) is 5.26 Å². The van der Waals surface area contributed by atoms with Gasteiger partial charge in [-0.1, -0.05) is 24.3 Å². The van der Waals surface area contributed by atoms with E-state index in [0.717, 1.165) is 5.75 Å². The summed E-state index contributed by atoms with van der Waals surface area (Å²) in [4.78, 5) is 0. The van der Waals surface area contributed by atoms with Crippen molar-refractivity contribution in [2.24, 2.45) is 0 Å². The zero-order valence-corrected chi connectivity index (χ0v) is 8.68. The van der Waals surface area contributed by atoms with Crippen molar-refractivity contribution in [3.05, 3.63) is 61.4 Å². The number of dihydropyridines is 1. The summed E-state index contributed by atoms with van der Waals surface area (Å²) in [5.41, 5.74) is -0.946. The Kier molecular flexibility index (Phi) is 2.65. The Morgan fingerprint density at radius 1 is 1.31 bits per heavy atom. The summed E-state index contributed by atoms with van der Waals surface area (Å²) in [5.74, 6) is 1.24. The Balaban J connectivity index is 2.11. The maximum atomic E-state index is 8.93. The van der Waals surface area contributed by atoms with Gasteiger partial charge in [0.2, 0.25) is 0 Å². The number of nitrogens with zero attached hydrogens (tertiary/aromatic N) is 1. The van der Waals surface area contributed by atoms with Gasteiger partial charge in [-0.3, -0.25) is 0 Å². The van der Waals surface area contributed by atoms with E-state index in [2.05, 4.69) is 18.3 Å². The van der Waals surface area contributed by atoms with Crippen LogP contribution in [0.3, 0.4) is 0 Å². The third-order valence-electron chi connectivity index (χ3n) is 2.15. The van der Waals surface area contributed by atoms with Crippen LogP contribution in [0.1, 0.15) is 0 Å². The molecule has 0 spiro atoms. The van der Waals surface area contributed by atoms with Gasteiger partial charge >= 0.3 is 0 Å². The molecule has 0 saturated heterocycles. The van der Waals surface area contributed by atoms with Gasteiger partial charge in [-0.05, 0) is 31.2 Å². The van der Waals surface area contributed by atoms with E-state index >= 15 is 0 Å². The maximum absolute atomic E-state index is 8.93. The van der Waals surface area contributed by atoms with Gasteiger partial charge in [0.25, 0.3) is 0 Å². The Morgan fingerprint density at radius 2 is 2.06 bits per heavy atom. The second-order valence-corrected chi connectivity index (χ2v) is 3.51. The smallest absolute Gasteiger partial charge is 0.194 e. The molecule has 1 aliphatic heterocycles. The maximum Gasteiger partial charge on any atom is 0.194 e. The molecule has 0 amide bonds. The van der Waals surface area contributed by atoms with Crippen molar-refractivity contribution in [2.75, 3.05) is 0 Å². The lowest BCUT2D eigenvalue weighted by atomic mass is 10.0. The van der Waals surface area contributed by atoms with E-state index in [1.165, 1.54) is 0 Å². The quantitative estimate of drug-likeness (QED) is 0.815. The van der Waals surface area contributed by atoms with E-state index in [-0.39, 0.29) is 0 Å². The Hall–Kier alpha value is -2.21. The van der Waals surface area contributed by atoms with Crippen LogP contribution in [-0.4, -0.2) is 5.54 Å². The molecule has 1 N–H and O–H groups in total. The summed E-state index contributed by atoms with van der Waals surface area (Å²) in [5, 5.41) is 11.8. The number of ether oxygens (including phenoxy) is 1. The average Bonchev–Trinajstić information content (AvgIpc) is 2.30. The molecular formula is C13H11N2O. The second kappa shape index (κ2) is 4.11. The predicted molar refractivity (Wildman–Crippen MR) is 61.1 cm³/mol. The van der Waals surface area contributed by atoms with Crippen LogP contribution in [0.2, 0.25) is 0 Å². The Bertz CT molecular complexity index is 470. The minimum absolute atomic E-state index is 0.519. The lowest BCUT2D eigenvalue weighted by Crippen LogP contribution is -2.41. The third kappa shape index (κ3) is 2.23. The molecule has 0 aromatic heterocycles. The van der Waals surface area contributed by atoms with Crippen molar-refractivity contribution in [1.82, 2.24) is 5.32 Å². The lowest BCUT2D eigenvalue weighted by Gasteiger charge is -2.24. The van der Waals surface area contributed by atoms with E-state index in [1.807, 2.05) is 30.3 Å². The molecule has 0 fully saturated rings. The highest BCUT2D eigenvalue weighted by molar-refractivity contribution is 5.33. The fourth-order valence-corrected chi connectivity index (χ4v) is 1.34. The number of hydrogen-bond donors (Lipinski definition) is 1. The molecule has 3 heteroatoms. The van der Waals surface area contributed by atoms with Crippen molar-refractivity contribution < 1.29 is 4.74 Å². The van der Waals surface area contributed by atoms with E-state index in [4.69, 9.17) is 10.00 Å². The second-order valence-electron chi connectivity index (χ2n) is 3.51. The van der Waals surface area contributed by atoms with Gasteiger partial charge < -0.3 is 10.1 Å². The molecule has 1 atom stereocenters. The molecule has 2 rings (SSSR count). The van der Waals surface area contributed by atoms with Crippen LogP contribution in [0.5, 0.6) is 5.75 Å². The van der Waals surface area contributed by atoms with Gasteiger partial charge in [-0.25, -0.2) is 0 Å². The van der Waals surface area contributed by atoms with E-state index in [9.17, 15) is 0 Å². The Labute approximate surface area is 94.7 Å². The first-order chi connectivity index (χ1) is 7.72. The minimum atomic E-state index is -0.946. The average molecular weight is 211 g/mol. The van der Waals surface area contributed by atoms with Gasteiger partial charge in [0.15, 0.2) is 5.88 Å². The van der Waals surface area contributed by atoms with Crippen LogP contribution in [-0.2, 0) is 0 Å². The summed E-state index contributed by atoms with van der Waals surface area (Å²) in [6.45, 7) is 3.76. The van der Waals surface area contributed by atoms with Crippen LogP contribution in [0, 0.1) is 18.3 Å². The molecule has 3 nitrogen and oxygen atoms in total. The number of rotatable bonds is 2. The van der Waals surface area contributed by atoms with Crippen molar-refractivity contribution in [1.29, 1.82) is 5.26 Å². The number of nitrogens with one attached hydrogen (secondary N) is 1. The number of hydrogen-bond acceptors (Lipinski definition) is 3. The summed E-state index contributed by atoms with van der Waals surface area (Å²) < 4.78 is 5.56. The standard InChI is InChI=1S/C13H11N2O/c1-13(10-14)9-5-8-12(15-13)16-11-6-3-2-4-7-11/h2-9,15H,1H2/t13-/m0/s1. The molecule has 1 heterocycles. The summed E-state index contributed by atoms with van der Waals surface area (Å²) in [6.07, 6.45) is 5.20. The Morgan fingerprint density at radius 3 is 2.75 bits per heavy atom. The van der Waals surface area contributed by atoms with E-state index in [1.54, 1.807) is 18.2 Å². The van der Waals surface area contributed by atoms with Gasteiger partial charge in [0, 0.05) is 0 Å². The zero-order valence-electron chi connectivity index (χ0n) is 8.68. The topological polar surface area (TPSA) is 45.0 Å². The van der Waals surface area contributed by atoms with E-state index in [0.29, 0.717) is 5.88 Å². The normalized spacial score (nSPS) is 22.9. The number of nitriles is 1. The third-order valence-corrected chi connectivity index (χ3v) is 2.15. The minimum Gasteiger partial charge on any atom is -0.441 e. The summed E-state index contributed by atoms with van der Waals surface area (Å²) in [6, 6.07) is 11.4. The highest BCUT2D eigenvalue weighted by Crippen LogP contribution is 2.17. The fourth-order valence-electron chi connectivity index (χ4n) is 1.34. The summed E-state index contributed by atoms with van der Waals surface area (Å²) in [7, 11) is 0. The molecule has 1 aromatic carbocycles. The first-order valence-electron chi connectivity index (χ1n) is 4.89. The molecule has 0 bridgehead atoms. The highest BCUT2D eigenvalue weighted by atomic mass is 16.5. The van der Waals surface area contributed by atoms with Crippen molar-refractivity contribution in [3.8, 4) is 11.8 Å². The van der Waals surface area contributed by atoms with Crippen molar-refractivity contribution in [2.45, 2.75) is 5.54 Å². The molecule has 1 aliphatic rings. The molecular weight excluding hydrogens is 200 g/mol. The van der Waals surface area contributed by atoms with Crippen LogP contribution >= 0.6 is 0 Å². The SMILES string of the molecule is [CH2][C@@]1(C#N)C=CC=C(Oc2ccccc2)N1. The lowest BCUT2D eigenvalue weighted by molar-refractivity contribution is 0.360. The fraction of sp³-hybridized carbons (Fsp3) is 0.0769. The van der Waals surface area contributed by atoms with Crippen LogP contribution in [0.15, 0.2) is 54.4 Å². The molecule has 16 heavy (non-hydrogen) atoms. The molecule has 0 unspecified atom stereocenters. The zero-order chi connectivity index (χ0) is 11.4. The first-order valence-corrected chi connectivity index (χ1v) is 4.89. The van der Waals surface area contributed by atoms with Crippen LogP contribution in [0.4, 0.5) is 0 Å². The van der Waals surface area contributed by atoms with E-state index < -0.39 is 5.54 Å².